The quantitative estimate of drug-likeness (QED) is 0.593. The van der Waals surface area contributed by atoms with Gasteiger partial charge in [-0.15, -0.1) is 0 Å². The molecule has 8 nitrogen and oxygen atoms in total. The third-order valence-corrected chi connectivity index (χ3v) is 6.94. The van der Waals surface area contributed by atoms with E-state index in [9.17, 15) is 23.3 Å². The molecule has 0 aliphatic carbocycles. The number of hydrogen-bond acceptors (Lipinski definition) is 5. The highest BCUT2D eigenvalue weighted by molar-refractivity contribution is 7.89. The number of piperidine rings is 1. The molecule has 1 N–H and O–H groups in total. The van der Waals surface area contributed by atoms with Gasteiger partial charge in [-0.2, -0.15) is 4.31 Å². The van der Waals surface area contributed by atoms with Crippen molar-refractivity contribution in [3.63, 3.8) is 0 Å². The van der Waals surface area contributed by atoms with Crippen molar-refractivity contribution in [2.45, 2.75) is 31.6 Å². The van der Waals surface area contributed by atoms with Gasteiger partial charge in [0.15, 0.2) is 4.90 Å². The fourth-order valence-corrected chi connectivity index (χ4v) is 5.24. The number of carbonyl (C=O) groups is 1. The number of aryl methyl sites for hydroxylation is 2. The first-order valence-corrected chi connectivity index (χ1v) is 10.8. The molecule has 1 aliphatic heterocycles. The maximum atomic E-state index is 12.9. The van der Waals surface area contributed by atoms with Gasteiger partial charge in [-0.05, 0) is 56.0 Å². The average Bonchev–Trinajstić information content (AvgIpc) is 2.67. The number of nitro benzene ring substituents is 1. The van der Waals surface area contributed by atoms with E-state index < -0.39 is 20.6 Å². The standard InChI is InChI=1S/C20H23N3O5S/c1-14-11-15(2)13-17(12-14)21-20(24)16-7-9-22(10-8-16)29(27,28)19-6-4-3-5-18(19)23(25)26/h3-6,11-13,16H,7-10H2,1-2H3,(H,21,24). The molecule has 0 spiro atoms. The zero-order valence-corrected chi connectivity index (χ0v) is 17.1. The van der Waals surface area contributed by atoms with Gasteiger partial charge in [0, 0.05) is 30.8 Å². The van der Waals surface area contributed by atoms with Crippen molar-refractivity contribution in [2.75, 3.05) is 18.4 Å². The molecule has 2 aromatic carbocycles. The van der Waals surface area contributed by atoms with E-state index in [-0.39, 0.29) is 29.8 Å². The summed E-state index contributed by atoms with van der Waals surface area (Å²) in [5.41, 5.74) is 2.38. The van der Waals surface area contributed by atoms with E-state index in [0.717, 1.165) is 16.8 Å². The lowest BCUT2D eigenvalue weighted by Crippen LogP contribution is -2.41. The van der Waals surface area contributed by atoms with Gasteiger partial charge >= 0.3 is 0 Å². The Morgan fingerprint density at radius 2 is 1.69 bits per heavy atom. The molecule has 0 bridgehead atoms. The molecular weight excluding hydrogens is 394 g/mol. The van der Waals surface area contributed by atoms with Crippen LogP contribution in [0.4, 0.5) is 11.4 Å². The summed E-state index contributed by atoms with van der Waals surface area (Å²) in [7, 11) is -4.00. The van der Waals surface area contributed by atoms with Crippen LogP contribution in [-0.2, 0) is 14.8 Å². The number of para-hydroxylation sites is 1. The molecule has 0 atom stereocenters. The maximum Gasteiger partial charge on any atom is 0.289 e. The molecule has 1 aliphatic rings. The number of rotatable bonds is 5. The molecule has 1 amide bonds. The zero-order chi connectivity index (χ0) is 21.2. The number of hydrogen-bond donors (Lipinski definition) is 1. The Balaban J connectivity index is 1.68. The van der Waals surface area contributed by atoms with Crippen molar-refractivity contribution in [1.82, 2.24) is 4.31 Å². The van der Waals surface area contributed by atoms with E-state index in [1.54, 1.807) is 0 Å². The van der Waals surface area contributed by atoms with Crippen molar-refractivity contribution in [1.29, 1.82) is 0 Å². The van der Waals surface area contributed by atoms with Crippen LogP contribution in [0.25, 0.3) is 0 Å². The SMILES string of the molecule is Cc1cc(C)cc(NC(=O)C2CCN(S(=O)(=O)c3ccccc3[N+](=O)[O-])CC2)c1. The summed E-state index contributed by atoms with van der Waals surface area (Å²) >= 11 is 0. The Bertz CT molecular complexity index is 1020. The molecule has 0 radical (unpaired) electrons. The highest BCUT2D eigenvalue weighted by atomic mass is 32.2. The Morgan fingerprint density at radius 1 is 1.10 bits per heavy atom. The molecule has 154 valence electrons. The number of amides is 1. The van der Waals surface area contributed by atoms with E-state index in [1.165, 1.54) is 28.6 Å². The smallest absolute Gasteiger partial charge is 0.289 e. The lowest BCUT2D eigenvalue weighted by Gasteiger charge is -2.30. The summed E-state index contributed by atoms with van der Waals surface area (Å²) < 4.78 is 27.0. The van der Waals surface area contributed by atoms with E-state index in [1.807, 2.05) is 32.0 Å². The topological polar surface area (TPSA) is 110 Å². The predicted octanol–water partition coefficient (Wildman–Crippen LogP) is 3.25. The first-order chi connectivity index (χ1) is 13.7. The summed E-state index contributed by atoms with van der Waals surface area (Å²) in [5, 5.41) is 14.1. The number of carbonyl (C=O) groups excluding carboxylic acids is 1. The second-order valence-corrected chi connectivity index (χ2v) is 9.18. The average molecular weight is 417 g/mol. The molecule has 3 rings (SSSR count). The summed E-state index contributed by atoms with van der Waals surface area (Å²) in [6.45, 7) is 4.18. The molecule has 0 saturated carbocycles. The van der Waals surface area contributed by atoms with Gasteiger partial charge in [-0.1, -0.05) is 18.2 Å². The van der Waals surface area contributed by atoms with Crippen molar-refractivity contribution in [3.05, 3.63) is 63.7 Å². The number of nitrogens with one attached hydrogen (secondary N) is 1. The van der Waals surface area contributed by atoms with E-state index in [2.05, 4.69) is 5.32 Å². The van der Waals surface area contributed by atoms with Gasteiger partial charge in [0.1, 0.15) is 0 Å². The molecule has 2 aromatic rings. The van der Waals surface area contributed by atoms with Gasteiger partial charge in [-0.3, -0.25) is 14.9 Å². The van der Waals surface area contributed by atoms with Crippen LogP contribution in [-0.4, -0.2) is 36.6 Å². The van der Waals surface area contributed by atoms with Crippen molar-refractivity contribution in [2.24, 2.45) is 5.92 Å². The van der Waals surface area contributed by atoms with Gasteiger partial charge in [0.05, 0.1) is 4.92 Å². The van der Waals surface area contributed by atoms with Gasteiger partial charge < -0.3 is 5.32 Å². The number of nitro groups is 1. The summed E-state index contributed by atoms with van der Waals surface area (Å²) in [4.78, 5) is 22.8. The highest BCUT2D eigenvalue weighted by Gasteiger charge is 2.35. The third kappa shape index (κ3) is 4.63. The Kier molecular flexibility index (Phi) is 5.99. The molecule has 9 heteroatoms. The lowest BCUT2D eigenvalue weighted by molar-refractivity contribution is -0.387. The Morgan fingerprint density at radius 3 is 2.28 bits per heavy atom. The molecule has 1 fully saturated rings. The predicted molar refractivity (Wildman–Crippen MR) is 109 cm³/mol. The minimum absolute atomic E-state index is 0.138. The maximum absolute atomic E-state index is 12.9. The summed E-state index contributed by atoms with van der Waals surface area (Å²) in [6.07, 6.45) is 0.715. The van der Waals surface area contributed by atoms with Crippen LogP contribution in [0.3, 0.4) is 0 Å². The number of nitrogens with zero attached hydrogens (tertiary/aromatic N) is 2. The van der Waals surface area contributed by atoms with Crippen molar-refractivity contribution < 1.29 is 18.1 Å². The molecule has 0 aromatic heterocycles. The van der Waals surface area contributed by atoms with Crippen LogP contribution in [0.15, 0.2) is 47.4 Å². The molecule has 0 unspecified atom stereocenters. The van der Waals surface area contributed by atoms with Crippen LogP contribution < -0.4 is 5.32 Å². The normalized spacial score (nSPS) is 15.8. The lowest BCUT2D eigenvalue weighted by atomic mass is 9.97. The van der Waals surface area contributed by atoms with Crippen LogP contribution in [0.1, 0.15) is 24.0 Å². The largest absolute Gasteiger partial charge is 0.326 e. The minimum Gasteiger partial charge on any atom is -0.326 e. The Labute approximate surface area is 169 Å². The van der Waals surface area contributed by atoms with Crippen LogP contribution >= 0.6 is 0 Å². The van der Waals surface area contributed by atoms with E-state index in [4.69, 9.17) is 0 Å². The van der Waals surface area contributed by atoms with E-state index in [0.29, 0.717) is 12.8 Å². The molecule has 1 saturated heterocycles. The first kappa shape index (κ1) is 20.9. The highest BCUT2D eigenvalue weighted by Crippen LogP contribution is 2.30. The summed E-state index contributed by atoms with van der Waals surface area (Å²) in [5.74, 6) is -0.453. The minimum atomic E-state index is -4.00. The number of benzene rings is 2. The van der Waals surface area contributed by atoms with Crippen LogP contribution in [0, 0.1) is 29.9 Å². The van der Waals surface area contributed by atoms with Gasteiger partial charge in [0.2, 0.25) is 15.9 Å². The monoisotopic (exact) mass is 417 g/mol. The van der Waals surface area contributed by atoms with Crippen molar-refractivity contribution >= 4 is 27.3 Å². The van der Waals surface area contributed by atoms with Crippen molar-refractivity contribution in [3.8, 4) is 0 Å². The fourth-order valence-electron chi connectivity index (χ4n) is 3.61. The van der Waals surface area contributed by atoms with E-state index >= 15 is 0 Å². The van der Waals surface area contributed by atoms with Crippen LogP contribution in [0.2, 0.25) is 0 Å². The fraction of sp³-hybridized carbons (Fsp3) is 0.350. The Hall–Kier alpha value is -2.78. The second-order valence-electron chi connectivity index (χ2n) is 7.27. The zero-order valence-electron chi connectivity index (χ0n) is 16.3. The molecular formula is C20H23N3O5S. The summed E-state index contributed by atoms with van der Waals surface area (Å²) in [6, 6.07) is 11.1. The first-order valence-electron chi connectivity index (χ1n) is 9.31. The van der Waals surface area contributed by atoms with Gasteiger partial charge in [-0.25, -0.2) is 8.42 Å². The van der Waals surface area contributed by atoms with Gasteiger partial charge in [0.25, 0.3) is 5.69 Å². The third-order valence-electron chi connectivity index (χ3n) is 4.99. The number of sulfonamides is 1. The second kappa shape index (κ2) is 8.30. The molecule has 1 heterocycles. The molecule has 29 heavy (non-hydrogen) atoms. The van der Waals surface area contributed by atoms with Crippen LogP contribution in [0.5, 0.6) is 0 Å². The number of anilines is 1.